The van der Waals surface area contributed by atoms with Crippen molar-refractivity contribution in [2.75, 3.05) is 0 Å². The Balaban J connectivity index is 2.12. The summed E-state index contributed by atoms with van der Waals surface area (Å²) < 4.78 is 0. The Morgan fingerprint density at radius 2 is 2.06 bits per heavy atom. The van der Waals surface area contributed by atoms with Gasteiger partial charge >= 0.3 is 0 Å². The van der Waals surface area contributed by atoms with Crippen LogP contribution in [0.1, 0.15) is 11.4 Å². The van der Waals surface area contributed by atoms with Crippen LogP contribution < -0.4 is 5.73 Å². The van der Waals surface area contributed by atoms with E-state index in [1.807, 2.05) is 29.6 Å². The third kappa shape index (κ3) is 3.28. The molecular weight excluding hydrogens is 256 g/mol. The first kappa shape index (κ1) is 12.1. The van der Waals surface area contributed by atoms with Crippen molar-refractivity contribution >= 4 is 28.8 Å². The third-order valence-corrected chi connectivity index (χ3v) is 3.44. The first-order chi connectivity index (χ1) is 8.15. The van der Waals surface area contributed by atoms with E-state index in [2.05, 4.69) is 4.98 Å². The van der Waals surface area contributed by atoms with Gasteiger partial charge in [0.15, 0.2) is 0 Å². The van der Waals surface area contributed by atoms with Crippen molar-refractivity contribution in [1.82, 2.24) is 4.98 Å². The van der Waals surface area contributed by atoms with E-state index in [1.165, 1.54) is 11.3 Å². The van der Waals surface area contributed by atoms with Gasteiger partial charge in [-0.05, 0) is 12.1 Å². The van der Waals surface area contributed by atoms with Crippen LogP contribution in [0.15, 0.2) is 29.6 Å². The highest BCUT2D eigenvalue weighted by Gasteiger charge is 2.05. The number of carbonyl (C=O) groups is 1. The molecule has 5 heteroatoms. The third-order valence-electron chi connectivity index (χ3n) is 2.28. The van der Waals surface area contributed by atoms with E-state index in [1.54, 1.807) is 0 Å². The van der Waals surface area contributed by atoms with E-state index in [0.29, 0.717) is 17.9 Å². The molecule has 0 radical (unpaired) electrons. The fraction of sp³-hybridized carbons (Fsp3) is 0.167. The van der Waals surface area contributed by atoms with Gasteiger partial charge in [0, 0.05) is 28.8 Å². The number of carbonyl (C=O) groups excluding carboxylic acids is 1. The zero-order valence-electron chi connectivity index (χ0n) is 9.02. The molecule has 88 valence electrons. The number of hydrogen-bond acceptors (Lipinski definition) is 3. The minimum atomic E-state index is -0.298. The van der Waals surface area contributed by atoms with Crippen molar-refractivity contribution in [1.29, 1.82) is 0 Å². The molecule has 0 bridgehead atoms. The van der Waals surface area contributed by atoms with Crippen molar-refractivity contribution in [2.45, 2.75) is 12.8 Å². The van der Waals surface area contributed by atoms with Crippen LogP contribution in [0.2, 0.25) is 5.02 Å². The maximum atomic E-state index is 10.7. The summed E-state index contributed by atoms with van der Waals surface area (Å²) in [5, 5.41) is 3.60. The minimum Gasteiger partial charge on any atom is -0.370 e. The van der Waals surface area contributed by atoms with Gasteiger partial charge in [-0.2, -0.15) is 0 Å². The summed E-state index contributed by atoms with van der Waals surface area (Å²) in [6, 6.07) is 7.52. The van der Waals surface area contributed by atoms with Gasteiger partial charge in [0.2, 0.25) is 5.91 Å². The van der Waals surface area contributed by atoms with Crippen molar-refractivity contribution in [2.24, 2.45) is 5.73 Å². The number of aromatic nitrogens is 1. The van der Waals surface area contributed by atoms with Crippen LogP contribution in [0.5, 0.6) is 0 Å². The lowest BCUT2D eigenvalue weighted by molar-refractivity contribution is -0.117. The van der Waals surface area contributed by atoms with Gasteiger partial charge in [0.05, 0.1) is 10.7 Å². The molecule has 0 aliphatic heterocycles. The molecule has 0 aliphatic rings. The zero-order valence-corrected chi connectivity index (χ0v) is 10.6. The predicted octanol–water partition coefficient (Wildman–Crippen LogP) is 2.88. The largest absolute Gasteiger partial charge is 0.370 e. The molecule has 17 heavy (non-hydrogen) atoms. The van der Waals surface area contributed by atoms with E-state index < -0.39 is 0 Å². The Bertz CT molecular complexity index is 522. The molecule has 0 saturated heterocycles. The molecule has 1 aromatic heterocycles. The predicted molar refractivity (Wildman–Crippen MR) is 70.1 cm³/mol. The van der Waals surface area contributed by atoms with Crippen molar-refractivity contribution < 1.29 is 4.79 Å². The Hall–Kier alpha value is -1.39. The molecule has 2 aromatic rings. The molecule has 0 atom stereocenters. The van der Waals surface area contributed by atoms with E-state index in [-0.39, 0.29) is 5.91 Å². The van der Waals surface area contributed by atoms with Gasteiger partial charge in [-0.3, -0.25) is 4.79 Å². The Kier molecular flexibility index (Phi) is 3.76. The normalized spacial score (nSPS) is 10.4. The average Bonchev–Trinajstić information content (AvgIpc) is 2.76. The van der Waals surface area contributed by atoms with Gasteiger partial charge < -0.3 is 5.73 Å². The van der Waals surface area contributed by atoms with E-state index >= 15 is 0 Å². The molecule has 3 nitrogen and oxygen atoms in total. The Morgan fingerprint density at radius 1 is 1.35 bits per heavy atom. The van der Waals surface area contributed by atoms with E-state index in [0.717, 1.165) is 16.3 Å². The summed E-state index contributed by atoms with van der Waals surface area (Å²) in [6.45, 7) is 0. The molecule has 0 saturated carbocycles. The number of aryl methyl sites for hydroxylation is 1. The lowest BCUT2D eigenvalue weighted by Gasteiger charge is -1.96. The van der Waals surface area contributed by atoms with Crippen LogP contribution in [0.3, 0.4) is 0 Å². The summed E-state index contributed by atoms with van der Waals surface area (Å²) in [5.74, 6) is -0.298. The highest BCUT2D eigenvalue weighted by atomic mass is 35.5. The molecule has 2 N–H and O–H groups in total. The first-order valence-electron chi connectivity index (χ1n) is 5.14. The lowest BCUT2D eigenvalue weighted by Crippen LogP contribution is -2.11. The maximum absolute atomic E-state index is 10.7. The number of amides is 1. The first-order valence-corrected chi connectivity index (χ1v) is 6.39. The van der Waals surface area contributed by atoms with E-state index in [4.69, 9.17) is 17.3 Å². The van der Waals surface area contributed by atoms with Gasteiger partial charge in [-0.15, -0.1) is 11.3 Å². The summed E-state index contributed by atoms with van der Waals surface area (Å²) in [7, 11) is 0. The molecule has 0 unspecified atom stereocenters. The fourth-order valence-electron chi connectivity index (χ4n) is 1.41. The number of rotatable bonds is 4. The summed E-state index contributed by atoms with van der Waals surface area (Å²) >= 11 is 7.36. The van der Waals surface area contributed by atoms with Crippen LogP contribution in [0, 0.1) is 0 Å². The van der Waals surface area contributed by atoms with Crippen molar-refractivity contribution in [3.63, 3.8) is 0 Å². The SMILES string of the molecule is NC(=O)CCc1nc(-c2ccc(Cl)cc2)cs1. The molecule has 2 rings (SSSR count). The van der Waals surface area contributed by atoms with Gasteiger partial charge in [0.1, 0.15) is 0 Å². The highest BCUT2D eigenvalue weighted by molar-refractivity contribution is 7.09. The van der Waals surface area contributed by atoms with Crippen LogP contribution in [-0.2, 0) is 11.2 Å². The minimum absolute atomic E-state index is 0.298. The van der Waals surface area contributed by atoms with Gasteiger partial charge in [-0.25, -0.2) is 4.98 Å². The monoisotopic (exact) mass is 266 g/mol. The van der Waals surface area contributed by atoms with Crippen LogP contribution >= 0.6 is 22.9 Å². The maximum Gasteiger partial charge on any atom is 0.217 e. The number of primary amides is 1. The molecule has 0 spiro atoms. The standard InChI is InChI=1S/C12H11ClN2OS/c13-9-3-1-8(2-4-9)10-7-17-12(15-10)6-5-11(14)16/h1-4,7H,5-6H2,(H2,14,16). The number of nitrogens with zero attached hydrogens (tertiary/aromatic N) is 1. The summed E-state index contributed by atoms with van der Waals surface area (Å²) in [5.41, 5.74) is 7.03. The van der Waals surface area contributed by atoms with Crippen LogP contribution in [0.4, 0.5) is 0 Å². The second-order valence-electron chi connectivity index (χ2n) is 3.60. The quantitative estimate of drug-likeness (QED) is 0.925. The molecule has 1 aromatic carbocycles. The lowest BCUT2D eigenvalue weighted by atomic mass is 10.2. The van der Waals surface area contributed by atoms with Crippen molar-refractivity contribution in [3.05, 3.63) is 39.7 Å². The van der Waals surface area contributed by atoms with Gasteiger partial charge in [0.25, 0.3) is 0 Å². The van der Waals surface area contributed by atoms with Crippen LogP contribution in [-0.4, -0.2) is 10.9 Å². The highest BCUT2D eigenvalue weighted by Crippen LogP contribution is 2.23. The molecule has 0 fully saturated rings. The Morgan fingerprint density at radius 3 is 2.71 bits per heavy atom. The number of benzene rings is 1. The molecule has 1 amide bonds. The number of nitrogens with two attached hydrogens (primary N) is 1. The number of thiazole rings is 1. The number of hydrogen-bond donors (Lipinski definition) is 1. The second kappa shape index (κ2) is 5.29. The van der Waals surface area contributed by atoms with E-state index in [9.17, 15) is 4.79 Å². The topological polar surface area (TPSA) is 56.0 Å². The second-order valence-corrected chi connectivity index (χ2v) is 4.98. The zero-order chi connectivity index (χ0) is 12.3. The van der Waals surface area contributed by atoms with Gasteiger partial charge in [-0.1, -0.05) is 23.7 Å². The average molecular weight is 267 g/mol. The smallest absolute Gasteiger partial charge is 0.217 e. The summed E-state index contributed by atoms with van der Waals surface area (Å²) in [4.78, 5) is 15.1. The molecule has 0 aliphatic carbocycles. The molecule has 1 heterocycles. The van der Waals surface area contributed by atoms with Crippen LogP contribution in [0.25, 0.3) is 11.3 Å². The Labute approximate surface area is 108 Å². The van der Waals surface area contributed by atoms with Crippen molar-refractivity contribution in [3.8, 4) is 11.3 Å². The molecular formula is C12H11ClN2OS. The summed E-state index contributed by atoms with van der Waals surface area (Å²) in [6.07, 6.45) is 0.946. The fourth-order valence-corrected chi connectivity index (χ4v) is 2.34. The number of halogens is 1.